The SMILES string of the molecule is Cc1nc2ccccc2c2cc(-c3ccccc3)oc(=O)c12. The average Bonchev–Trinajstić information content (AvgIpc) is 2.55. The molecule has 22 heavy (non-hydrogen) atoms. The second-order valence-electron chi connectivity index (χ2n) is 5.27. The minimum Gasteiger partial charge on any atom is -0.422 e. The van der Waals surface area contributed by atoms with E-state index in [1.807, 2.05) is 67.6 Å². The van der Waals surface area contributed by atoms with E-state index in [1.165, 1.54) is 0 Å². The van der Waals surface area contributed by atoms with Gasteiger partial charge in [0.25, 0.3) is 0 Å². The van der Waals surface area contributed by atoms with Crippen molar-refractivity contribution in [1.82, 2.24) is 4.98 Å². The molecule has 0 bridgehead atoms. The van der Waals surface area contributed by atoms with E-state index in [9.17, 15) is 4.79 Å². The summed E-state index contributed by atoms with van der Waals surface area (Å²) in [7, 11) is 0. The van der Waals surface area contributed by atoms with Crippen LogP contribution in [-0.2, 0) is 0 Å². The number of benzene rings is 2. The molecule has 0 radical (unpaired) electrons. The first kappa shape index (κ1) is 12.8. The van der Waals surface area contributed by atoms with Crippen LogP contribution in [0.15, 0.2) is 69.9 Å². The van der Waals surface area contributed by atoms with E-state index in [1.54, 1.807) is 0 Å². The number of hydrogen-bond donors (Lipinski definition) is 0. The Morgan fingerprint density at radius 3 is 2.45 bits per heavy atom. The molecule has 0 saturated carbocycles. The molecule has 0 spiro atoms. The van der Waals surface area contributed by atoms with E-state index in [-0.39, 0.29) is 5.63 Å². The topological polar surface area (TPSA) is 43.1 Å². The van der Waals surface area contributed by atoms with Crippen molar-refractivity contribution in [2.45, 2.75) is 6.92 Å². The molecule has 0 amide bonds. The molecule has 106 valence electrons. The van der Waals surface area contributed by atoms with Crippen LogP contribution in [0.1, 0.15) is 5.69 Å². The normalized spacial score (nSPS) is 11.1. The Morgan fingerprint density at radius 1 is 0.909 bits per heavy atom. The van der Waals surface area contributed by atoms with E-state index < -0.39 is 0 Å². The maximum Gasteiger partial charge on any atom is 0.346 e. The summed E-state index contributed by atoms with van der Waals surface area (Å²) in [5.41, 5.74) is 2.13. The third kappa shape index (κ3) is 1.91. The number of aryl methyl sites for hydroxylation is 1. The molecule has 3 heteroatoms. The molecule has 0 N–H and O–H groups in total. The first-order valence-electron chi connectivity index (χ1n) is 7.12. The first-order chi connectivity index (χ1) is 10.7. The molecule has 2 aromatic heterocycles. The van der Waals surface area contributed by atoms with Crippen LogP contribution < -0.4 is 5.63 Å². The third-order valence-corrected chi connectivity index (χ3v) is 3.85. The highest BCUT2D eigenvalue weighted by molar-refractivity contribution is 6.06. The summed E-state index contributed by atoms with van der Waals surface area (Å²) in [6.07, 6.45) is 0. The molecule has 4 rings (SSSR count). The Balaban J connectivity index is 2.17. The fraction of sp³-hybridized carbons (Fsp3) is 0.0526. The van der Waals surface area contributed by atoms with E-state index in [2.05, 4.69) is 4.98 Å². The van der Waals surface area contributed by atoms with Gasteiger partial charge in [-0.15, -0.1) is 0 Å². The van der Waals surface area contributed by atoms with Crippen molar-refractivity contribution in [1.29, 1.82) is 0 Å². The predicted octanol–water partition coefficient (Wildman–Crippen LogP) is 4.32. The van der Waals surface area contributed by atoms with E-state index in [4.69, 9.17) is 4.42 Å². The van der Waals surface area contributed by atoms with Crippen LogP contribution in [0.25, 0.3) is 33.0 Å². The van der Waals surface area contributed by atoms with Gasteiger partial charge in [-0.05, 0) is 19.1 Å². The van der Waals surface area contributed by atoms with E-state index in [0.29, 0.717) is 16.8 Å². The molecule has 0 saturated heterocycles. The summed E-state index contributed by atoms with van der Waals surface area (Å²) in [4.78, 5) is 16.9. The minimum absolute atomic E-state index is 0.341. The van der Waals surface area contributed by atoms with Crippen LogP contribution in [0.5, 0.6) is 0 Å². The smallest absolute Gasteiger partial charge is 0.346 e. The molecule has 0 fully saturated rings. The van der Waals surface area contributed by atoms with Crippen molar-refractivity contribution < 1.29 is 4.42 Å². The van der Waals surface area contributed by atoms with E-state index in [0.717, 1.165) is 21.9 Å². The maximum atomic E-state index is 12.4. The number of fused-ring (bicyclic) bond motifs is 3. The molecule has 0 atom stereocenters. The van der Waals surface area contributed by atoms with Gasteiger partial charge in [-0.25, -0.2) is 4.79 Å². The molecular weight excluding hydrogens is 274 g/mol. The van der Waals surface area contributed by atoms with Gasteiger partial charge in [-0.3, -0.25) is 4.98 Å². The van der Waals surface area contributed by atoms with Gasteiger partial charge in [0.05, 0.1) is 16.6 Å². The van der Waals surface area contributed by atoms with Crippen LogP contribution in [0.2, 0.25) is 0 Å². The molecule has 0 aliphatic carbocycles. The van der Waals surface area contributed by atoms with Crippen molar-refractivity contribution in [2.75, 3.05) is 0 Å². The van der Waals surface area contributed by atoms with Gasteiger partial charge in [0.1, 0.15) is 5.76 Å². The average molecular weight is 287 g/mol. The van der Waals surface area contributed by atoms with Gasteiger partial charge in [-0.2, -0.15) is 0 Å². The maximum absolute atomic E-state index is 12.4. The largest absolute Gasteiger partial charge is 0.422 e. The lowest BCUT2D eigenvalue weighted by Crippen LogP contribution is -2.04. The second-order valence-corrected chi connectivity index (χ2v) is 5.27. The number of para-hydroxylation sites is 1. The fourth-order valence-electron chi connectivity index (χ4n) is 2.83. The molecule has 2 heterocycles. The Bertz CT molecular complexity index is 1050. The molecular formula is C19H13NO2. The summed E-state index contributed by atoms with van der Waals surface area (Å²) in [6, 6.07) is 19.4. The second kappa shape index (κ2) is 4.81. The van der Waals surface area contributed by atoms with Gasteiger partial charge >= 0.3 is 5.63 Å². The van der Waals surface area contributed by atoms with Gasteiger partial charge in [0, 0.05) is 16.3 Å². The standard InChI is InChI=1S/C19H13NO2/c1-12-18-15(14-9-5-6-10-16(14)20-12)11-17(22-19(18)21)13-7-3-2-4-8-13/h2-11H,1H3. The summed E-state index contributed by atoms with van der Waals surface area (Å²) in [6.45, 7) is 1.84. The Kier molecular flexibility index (Phi) is 2.79. The Morgan fingerprint density at radius 2 is 1.64 bits per heavy atom. The Hall–Kier alpha value is -2.94. The van der Waals surface area contributed by atoms with E-state index >= 15 is 0 Å². The van der Waals surface area contributed by atoms with Crippen molar-refractivity contribution in [2.24, 2.45) is 0 Å². The summed E-state index contributed by atoms with van der Waals surface area (Å²) < 4.78 is 5.51. The van der Waals surface area contributed by atoms with Gasteiger partial charge < -0.3 is 4.42 Å². The molecule has 3 nitrogen and oxygen atoms in total. The summed E-state index contributed by atoms with van der Waals surface area (Å²) in [5.74, 6) is 0.578. The lowest BCUT2D eigenvalue weighted by atomic mass is 10.0. The van der Waals surface area contributed by atoms with Gasteiger partial charge in [-0.1, -0.05) is 48.5 Å². The zero-order valence-electron chi connectivity index (χ0n) is 12.0. The lowest BCUT2D eigenvalue weighted by molar-refractivity contribution is 0.534. The van der Waals surface area contributed by atoms with Crippen LogP contribution in [0, 0.1) is 6.92 Å². The Labute approximate surface area is 126 Å². The van der Waals surface area contributed by atoms with Crippen LogP contribution >= 0.6 is 0 Å². The zero-order valence-corrected chi connectivity index (χ0v) is 12.0. The van der Waals surface area contributed by atoms with Crippen molar-refractivity contribution in [3.63, 3.8) is 0 Å². The highest BCUT2D eigenvalue weighted by Crippen LogP contribution is 2.28. The monoisotopic (exact) mass is 287 g/mol. The number of pyridine rings is 1. The predicted molar refractivity (Wildman–Crippen MR) is 88.0 cm³/mol. The van der Waals surface area contributed by atoms with Crippen molar-refractivity contribution in [3.05, 3.63) is 76.8 Å². The highest BCUT2D eigenvalue weighted by atomic mass is 16.4. The quantitative estimate of drug-likeness (QED) is 0.490. The van der Waals surface area contributed by atoms with Crippen molar-refractivity contribution >= 4 is 21.7 Å². The summed E-state index contributed by atoms with van der Waals surface area (Å²) >= 11 is 0. The molecule has 2 aromatic carbocycles. The first-order valence-corrected chi connectivity index (χ1v) is 7.12. The van der Waals surface area contributed by atoms with Gasteiger partial charge in [0.15, 0.2) is 0 Å². The van der Waals surface area contributed by atoms with Crippen molar-refractivity contribution in [3.8, 4) is 11.3 Å². The fourth-order valence-corrected chi connectivity index (χ4v) is 2.83. The number of hydrogen-bond acceptors (Lipinski definition) is 3. The van der Waals surface area contributed by atoms with Crippen LogP contribution in [0.4, 0.5) is 0 Å². The third-order valence-electron chi connectivity index (χ3n) is 3.85. The number of aromatic nitrogens is 1. The molecule has 4 aromatic rings. The number of rotatable bonds is 1. The molecule has 0 aliphatic heterocycles. The highest BCUT2D eigenvalue weighted by Gasteiger charge is 2.12. The molecule has 0 aliphatic rings. The lowest BCUT2D eigenvalue weighted by Gasteiger charge is -2.07. The number of nitrogens with zero attached hydrogens (tertiary/aromatic N) is 1. The minimum atomic E-state index is -0.341. The van der Waals surface area contributed by atoms with Crippen LogP contribution in [0.3, 0.4) is 0 Å². The van der Waals surface area contributed by atoms with Gasteiger partial charge in [0.2, 0.25) is 0 Å². The molecule has 0 unspecified atom stereocenters. The van der Waals surface area contributed by atoms with Crippen LogP contribution in [-0.4, -0.2) is 4.98 Å². The zero-order chi connectivity index (χ0) is 15.1. The summed E-state index contributed by atoms with van der Waals surface area (Å²) in [5, 5.41) is 2.41.